The molecule has 128 valence electrons. The van der Waals surface area contributed by atoms with E-state index in [1.54, 1.807) is 19.2 Å². The Kier molecular flexibility index (Phi) is 5.73. The van der Waals surface area contributed by atoms with E-state index in [9.17, 15) is 4.79 Å². The third-order valence-electron chi connectivity index (χ3n) is 3.75. The van der Waals surface area contributed by atoms with Gasteiger partial charge in [0.1, 0.15) is 6.61 Å². The minimum Gasteiger partial charge on any atom is -0.493 e. The number of hydrogen-bond acceptors (Lipinski definition) is 6. The SMILES string of the molecule is COC(=O)Cc1ccc(OCc2nc(C)c(C)nc2C)c(OC)c1. The largest absolute Gasteiger partial charge is 0.493 e. The lowest BCUT2D eigenvalue weighted by Gasteiger charge is -2.13. The molecule has 0 N–H and O–H groups in total. The van der Waals surface area contributed by atoms with Gasteiger partial charge in [0.25, 0.3) is 0 Å². The molecular formula is C18H22N2O4. The van der Waals surface area contributed by atoms with Gasteiger partial charge in [0.2, 0.25) is 0 Å². The van der Waals surface area contributed by atoms with Gasteiger partial charge in [0.15, 0.2) is 11.5 Å². The van der Waals surface area contributed by atoms with Crippen molar-refractivity contribution in [3.8, 4) is 11.5 Å². The quantitative estimate of drug-likeness (QED) is 0.759. The Labute approximate surface area is 141 Å². The number of rotatable bonds is 6. The fourth-order valence-corrected chi connectivity index (χ4v) is 2.22. The van der Waals surface area contributed by atoms with Crippen molar-refractivity contribution in [3.05, 3.63) is 46.5 Å². The van der Waals surface area contributed by atoms with Gasteiger partial charge in [-0.25, -0.2) is 0 Å². The molecule has 0 aliphatic heterocycles. The van der Waals surface area contributed by atoms with E-state index >= 15 is 0 Å². The summed E-state index contributed by atoms with van der Waals surface area (Å²) in [5, 5.41) is 0. The molecule has 0 spiro atoms. The topological polar surface area (TPSA) is 70.5 Å². The van der Waals surface area contributed by atoms with Crippen LogP contribution in [0, 0.1) is 20.8 Å². The molecule has 2 rings (SSSR count). The highest BCUT2D eigenvalue weighted by Crippen LogP contribution is 2.29. The zero-order valence-corrected chi connectivity index (χ0v) is 14.7. The number of carbonyl (C=O) groups excluding carboxylic acids is 1. The number of ether oxygens (including phenoxy) is 3. The summed E-state index contributed by atoms with van der Waals surface area (Å²) in [5.74, 6) is 0.850. The van der Waals surface area contributed by atoms with Crippen LogP contribution in [-0.2, 0) is 22.6 Å². The number of aryl methyl sites for hydroxylation is 3. The molecule has 0 fully saturated rings. The van der Waals surface area contributed by atoms with E-state index in [4.69, 9.17) is 9.47 Å². The van der Waals surface area contributed by atoms with Crippen LogP contribution in [0.5, 0.6) is 11.5 Å². The van der Waals surface area contributed by atoms with Crippen LogP contribution in [-0.4, -0.2) is 30.2 Å². The Morgan fingerprint density at radius 2 is 1.71 bits per heavy atom. The molecule has 6 nitrogen and oxygen atoms in total. The van der Waals surface area contributed by atoms with Gasteiger partial charge in [-0.1, -0.05) is 6.07 Å². The highest BCUT2D eigenvalue weighted by atomic mass is 16.5. The summed E-state index contributed by atoms with van der Waals surface area (Å²) < 4.78 is 15.9. The summed E-state index contributed by atoms with van der Waals surface area (Å²) in [7, 11) is 2.93. The molecule has 0 amide bonds. The van der Waals surface area contributed by atoms with Crippen molar-refractivity contribution in [1.82, 2.24) is 9.97 Å². The fourth-order valence-electron chi connectivity index (χ4n) is 2.22. The summed E-state index contributed by atoms with van der Waals surface area (Å²) in [6.07, 6.45) is 0.189. The van der Waals surface area contributed by atoms with Crippen LogP contribution in [0.25, 0.3) is 0 Å². The lowest BCUT2D eigenvalue weighted by Crippen LogP contribution is -2.07. The van der Waals surface area contributed by atoms with Gasteiger partial charge >= 0.3 is 5.97 Å². The highest BCUT2D eigenvalue weighted by molar-refractivity contribution is 5.72. The first-order chi connectivity index (χ1) is 11.4. The zero-order chi connectivity index (χ0) is 17.7. The van der Waals surface area contributed by atoms with Crippen molar-refractivity contribution in [2.24, 2.45) is 0 Å². The van der Waals surface area contributed by atoms with Crippen molar-refractivity contribution in [1.29, 1.82) is 0 Å². The van der Waals surface area contributed by atoms with Gasteiger partial charge in [-0.15, -0.1) is 0 Å². The number of carbonyl (C=O) groups is 1. The van der Waals surface area contributed by atoms with Crippen LogP contribution in [0.2, 0.25) is 0 Å². The van der Waals surface area contributed by atoms with Crippen molar-refractivity contribution >= 4 is 5.97 Å². The van der Waals surface area contributed by atoms with Crippen LogP contribution in [0.4, 0.5) is 0 Å². The predicted octanol–water partition coefficient (Wildman–Crippen LogP) is 2.70. The fraction of sp³-hybridized carbons (Fsp3) is 0.389. The molecule has 1 heterocycles. The van der Waals surface area contributed by atoms with E-state index in [1.807, 2.05) is 26.8 Å². The molecule has 0 saturated carbocycles. The van der Waals surface area contributed by atoms with E-state index in [-0.39, 0.29) is 12.4 Å². The standard InChI is InChI=1S/C18H22N2O4/c1-11-12(2)20-15(13(3)19-11)10-24-16-7-6-14(8-17(16)22-4)9-18(21)23-5/h6-8H,9-10H2,1-5H3. The molecule has 1 aromatic carbocycles. The second-order valence-electron chi connectivity index (χ2n) is 5.45. The molecule has 6 heteroatoms. The Morgan fingerprint density at radius 1 is 1.00 bits per heavy atom. The zero-order valence-electron chi connectivity index (χ0n) is 14.7. The van der Waals surface area contributed by atoms with E-state index in [0.717, 1.165) is 28.3 Å². The van der Waals surface area contributed by atoms with E-state index in [0.29, 0.717) is 18.1 Å². The van der Waals surface area contributed by atoms with Gasteiger partial charge in [-0.3, -0.25) is 14.8 Å². The van der Waals surface area contributed by atoms with E-state index in [1.165, 1.54) is 7.11 Å². The number of benzene rings is 1. The Hall–Kier alpha value is -2.63. The summed E-state index contributed by atoms with van der Waals surface area (Å²) >= 11 is 0. The maximum atomic E-state index is 11.4. The smallest absolute Gasteiger partial charge is 0.309 e. The predicted molar refractivity (Wildman–Crippen MR) is 89.3 cm³/mol. The number of aromatic nitrogens is 2. The van der Waals surface area contributed by atoms with Gasteiger partial charge in [0.05, 0.1) is 43.4 Å². The van der Waals surface area contributed by atoms with Gasteiger partial charge < -0.3 is 14.2 Å². The maximum absolute atomic E-state index is 11.4. The normalized spacial score (nSPS) is 10.4. The molecule has 0 aliphatic rings. The minimum absolute atomic E-state index is 0.189. The van der Waals surface area contributed by atoms with Crippen molar-refractivity contribution in [2.75, 3.05) is 14.2 Å². The first-order valence-electron chi connectivity index (χ1n) is 7.61. The molecule has 0 bridgehead atoms. The van der Waals surface area contributed by atoms with Crippen molar-refractivity contribution in [3.63, 3.8) is 0 Å². The molecular weight excluding hydrogens is 308 g/mol. The molecule has 24 heavy (non-hydrogen) atoms. The van der Waals surface area contributed by atoms with Crippen LogP contribution in [0.15, 0.2) is 18.2 Å². The molecule has 0 saturated heterocycles. The maximum Gasteiger partial charge on any atom is 0.309 e. The second kappa shape index (κ2) is 7.77. The van der Waals surface area contributed by atoms with Crippen LogP contribution in [0.3, 0.4) is 0 Å². The number of hydrogen-bond donors (Lipinski definition) is 0. The first-order valence-corrected chi connectivity index (χ1v) is 7.61. The number of nitrogens with zero attached hydrogens (tertiary/aromatic N) is 2. The Bertz CT molecular complexity index is 744. The van der Waals surface area contributed by atoms with Crippen LogP contribution < -0.4 is 9.47 Å². The lowest BCUT2D eigenvalue weighted by molar-refractivity contribution is -0.139. The third kappa shape index (κ3) is 4.22. The third-order valence-corrected chi connectivity index (χ3v) is 3.75. The lowest BCUT2D eigenvalue weighted by atomic mass is 10.1. The van der Waals surface area contributed by atoms with Crippen LogP contribution >= 0.6 is 0 Å². The number of methoxy groups -OCH3 is 2. The Balaban J connectivity index is 2.15. The van der Waals surface area contributed by atoms with Crippen molar-refractivity contribution < 1.29 is 19.0 Å². The van der Waals surface area contributed by atoms with Gasteiger partial charge in [-0.05, 0) is 38.5 Å². The summed E-state index contributed by atoms with van der Waals surface area (Å²) in [6, 6.07) is 5.36. The summed E-state index contributed by atoms with van der Waals surface area (Å²) in [4.78, 5) is 20.3. The molecule has 0 unspecified atom stereocenters. The highest BCUT2D eigenvalue weighted by Gasteiger charge is 2.11. The molecule has 0 radical (unpaired) electrons. The molecule has 0 atom stereocenters. The minimum atomic E-state index is -0.299. The molecule has 1 aromatic heterocycles. The summed E-state index contributed by atoms with van der Waals surface area (Å²) in [6.45, 7) is 6.07. The second-order valence-corrected chi connectivity index (χ2v) is 5.45. The molecule has 0 aliphatic carbocycles. The van der Waals surface area contributed by atoms with Gasteiger partial charge in [-0.2, -0.15) is 0 Å². The summed E-state index contributed by atoms with van der Waals surface area (Å²) in [5.41, 5.74) is 4.24. The first kappa shape index (κ1) is 17.7. The average Bonchev–Trinajstić information content (AvgIpc) is 2.57. The molecule has 2 aromatic rings. The van der Waals surface area contributed by atoms with Crippen LogP contribution in [0.1, 0.15) is 28.3 Å². The van der Waals surface area contributed by atoms with E-state index in [2.05, 4.69) is 14.7 Å². The average molecular weight is 330 g/mol. The monoisotopic (exact) mass is 330 g/mol. The van der Waals surface area contributed by atoms with Crippen molar-refractivity contribution in [2.45, 2.75) is 33.8 Å². The Morgan fingerprint density at radius 3 is 2.38 bits per heavy atom. The number of esters is 1. The van der Waals surface area contributed by atoms with E-state index < -0.39 is 0 Å². The van der Waals surface area contributed by atoms with Gasteiger partial charge in [0, 0.05) is 0 Å².